The van der Waals surface area contributed by atoms with Crippen molar-refractivity contribution < 1.29 is 13.9 Å². The van der Waals surface area contributed by atoms with E-state index in [1.54, 1.807) is 0 Å². The van der Waals surface area contributed by atoms with Crippen LogP contribution in [0.2, 0.25) is 0 Å². The first-order valence-electron chi connectivity index (χ1n) is 8.37. The van der Waals surface area contributed by atoms with Crippen molar-refractivity contribution in [2.24, 2.45) is 5.92 Å². The summed E-state index contributed by atoms with van der Waals surface area (Å²) in [5.41, 5.74) is 0.251. The second-order valence-electron chi connectivity index (χ2n) is 6.98. The first-order valence-corrected chi connectivity index (χ1v) is 8.37. The van der Waals surface area contributed by atoms with Gasteiger partial charge in [0, 0.05) is 29.5 Å². The minimum Gasteiger partial charge on any atom is -0.376 e. The number of aromatic amines is 1. The molecular formula is C18H20FN3O3. The van der Waals surface area contributed by atoms with E-state index in [0.29, 0.717) is 17.5 Å². The van der Waals surface area contributed by atoms with Gasteiger partial charge in [-0.3, -0.25) is 9.59 Å². The highest BCUT2D eigenvalue weighted by molar-refractivity contribution is 6.06. The number of hydrogen-bond donors (Lipinski definition) is 2. The molecule has 1 aromatic heterocycles. The Morgan fingerprint density at radius 1 is 1.36 bits per heavy atom. The fraction of sp³-hybridized carbons (Fsp3) is 0.444. The third-order valence-electron chi connectivity index (χ3n) is 5.29. The third-order valence-corrected chi connectivity index (χ3v) is 5.29. The highest BCUT2D eigenvalue weighted by Crippen LogP contribution is 2.41. The van der Waals surface area contributed by atoms with Gasteiger partial charge in [0.05, 0.1) is 23.8 Å². The lowest BCUT2D eigenvalue weighted by Gasteiger charge is -2.50. The number of nitrogens with one attached hydrogen (secondary N) is 2. The van der Waals surface area contributed by atoms with Crippen LogP contribution >= 0.6 is 0 Å². The number of rotatable bonds is 3. The Morgan fingerprint density at radius 3 is 2.92 bits per heavy atom. The maximum Gasteiger partial charge on any atom is 0.252 e. The zero-order valence-corrected chi connectivity index (χ0v) is 14.1. The van der Waals surface area contributed by atoms with E-state index in [2.05, 4.69) is 10.3 Å². The number of fused-ring (bicyclic) bond motifs is 2. The van der Waals surface area contributed by atoms with Crippen LogP contribution < -0.4 is 10.9 Å². The molecule has 1 amide bonds. The van der Waals surface area contributed by atoms with E-state index in [1.165, 1.54) is 24.3 Å². The quantitative estimate of drug-likeness (QED) is 0.874. The Labute approximate surface area is 144 Å². The van der Waals surface area contributed by atoms with Crippen LogP contribution in [0.15, 0.2) is 29.1 Å². The number of benzene rings is 1. The second kappa shape index (κ2) is 5.93. The Kier molecular flexibility index (Phi) is 3.85. The van der Waals surface area contributed by atoms with Crippen LogP contribution in [-0.4, -0.2) is 54.7 Å². The van der Waals surface area contributed by atoms with Gasteiger partial charge in [-0.1, -0.05) is 0 Å². The molecule has 1 aromatic carbocycles. The molecule has 2 aliphatic rings. The largest absolute Gasteiger partial charge is 0.376 e. The second-order valence-corrected chi connectivity index (χ2v) is 6.98. The van der Waals surface area contributed by atoms with Gasteiger partial charge < -0.3 is 19.9 Å². The van der Waals surface area contributed by atoms with Gasteiger partial charge in [-0.05, 0) is 38.7 Å². The average Bonchev–Trinajstić information content (AvgIpc) is 2.95. The van der Waals surface area contributed by atoms with E-state index in [1.807, 2.05) is 19.0 Å². The molecular weight excluding hydrogens is 325 g/mol. The summed E-state index contributed by atoms with van der Waals surface area (Å²) in [5, 5.41) is 3.44. The molecule has 2 aromatic rings. The molecule has 2 fully saturated rings. The summed E-state index contributed by atoms with van der Waals surface area (Å²) in [4.78, 5) is 29.4. The molecule has 1 aliphatic carbocycles. The fourth-order valence-electron chi connectivity index (χ4n) is 4.13. The van der Waals surface area contributed by atoms with Gasteiger partial charge in [0.25, 0.3) is 5.91 Å². The molecule has 4 rings (SSSR count). The third kappa shape index (κ3) is 2.63. The van der Waals surface area contributed by atoms with E-state index in [0.717, 1.165) is 6.42 Å². The number of aromatic nitrogens is 1. The van der Waals surface area contributed by atoms with Gasteiger partial charge in [0.1, 0.15) is 5.82 Å². The van der Waals surface area contributed by atoms with E-state index >= 15 is 0 Å². The summed E-state index contributed by atoms with van der Waals surface area (Å²) in [5.74, 6) is -0.530. The van der Waals surface area contributed by atoms with Crippen LogP contribution in [0, 0.1) is 11.7 Å². The van der Waals surface area contributed by atoms with Crippen molar-refractivity contribution in [2.45, 2.75) is 24.6 Å². The first kappa shape index (κ1) is 16.2. The molecule has 0 bridgehead atoms. The van der Waals surface area contributed by atoms with Crippen LogP contribution in [0.3, 0.4) is 0 Å². The Balaban J connectivity index is 1.66. The minimum atomic E-state index is -0.451. The summed E-state index contributed by atoms with van der Waals surface area (Å²) in [7, 11) is 3.92. The van der Waals surface area contributed by atoms with Crippen molar-refractivity contribution in [3.05, 3.63) is 46.0 Å². The molecule has 1 aliphatic heterocycles. The van der Waals surface area contributed by atoms with Gasteiger partial charge in [0.2, 0.25) is 5.56 Å². The van der Waals surface area contributed by atoms with E-state index < -0.39 is 5.82 Å². The van der Waals surface area contributed by atoms with Gasteiger partial charge in [0.15, 0.2) is 0 Å². The fourth-order valence-corrected chi connectivity index (χ4v) is 4.13. The van der Waals surface area contributed by atoms with Crippen LogP contribution in [0.1, 0.15) is 16.8 Å². The zero-order chi connectivity index (χ0) is 17.7. The Hall–Kier alpha value is -2.25. The van der Waals surface area contributed by atoms with Crippen molar-refractivity contribution in [3.8, 4) is 0 Å². The lowest BCUT2D eigenvalue weighted by molar-refractivity contribution is -0.0664. The SMILES string of the molecule is CN(C)[C@@H]1[C@@H](NC(=O)c2cc(=O)[nH]c3ccc(F)cc23)[C@H]2CCO[C@H]21. The number of nitrogens with zero attached hydrogens (tertiary/aromatic N) is 1. The first-order chi connectivity index (χ1) is 12.0. The molecule has 25 heavy (non-hydrogen) atoms. The average molecular weight is 345 g/mol. The minimum absolute atomic E-state index is 0.0436. The number of pyridine rings is 1. The highest BCUT2D eigenvalue weighted by Gasteiger charge is 2.55. The highest BCUT2D eigenvalue weighted by atomic mass is 19.1. The molecule has 7 heteroatoms. The van der Waals surface area contributed by atoms with Gasteiger partial charge >= 0.3 is 0 Å². The summed E-state index contributed by atoms with van der Waals surface area (Å²) in [6.07, 6.45) is 1.04. The summed E-state index contributed by atoms with van der Waals surface area (Å²) in [6, 6.07) is 5.28. The van der Waals surface area contributed by atoms with E-state index in [-0.39, 0.29) is 41.1 Å². The van der Waals surface area contributed by atoms with Crippen molar-refractivity contribution in [3.63, 3.8) is 0 Å². The van der Waals surface area contributed by atoms with Gasteiger partial charge in [-0.25, -0.2) is 4.39 Å². The van der Waals surface area contributed by atoms with Crippen LogP contribution in [0.25, 0.3) is 10.9 Å². The van der Waals surface area contributed by atoms with Crippen molar-refractivity contribution in [1.82, 2.24) is 15.2 Å². The van der Waals surface area contributed by atoms with Gasteiger partial charge in [-0.2, -0.15) is 0 Å². The standard InChI is InChI=1S/C18H20FN3O3/c1-22(2)16-15(10-5-6-25-17(10)16)21-18(24)12-8-14(23)20-13-4-3-9(19)7-11(12)13/h3-4,7-8,10,15-17H,5-6H2,1-2H3,(H,20,23)(H,21,24)/t10-,15+,16-,17-/m1/s1. The topological polar surface area (TPSA) is 74.4 Å². The molecule has 0 radical (unpaired) electrons. The summed E-state index contributed by atoms with van der Waals surface area (Å²) < 4.78 is 19.4. The Morgan fingerprint density at radius 2 is 2.16 bits per heavy atom. The molecule has 6 nitrogen and oxygen atoms in total. The number of carbonyl (C=O) groups excluding carboxylic acids is 1. The van der Waals surface area contributed by atoms with E-state index in [4.69, 9.17) is 4.74 Å². The zero-order valence-electron chi connectivity index (χ0n) is 14.1. The van der Waals surface area contributed by atoms with Crippen LogP contribution in [0.5, 0.6) is 0 Å². The molecule has 1 saturated heterocycles. The molecule has 132 valence electrons. The Bertz CT molecular complexity index is 895. The number of ether oxygens (including phenoxy) is 1. The van der Waals surface area contributed by atoms with Crippen molar-refractivity contribution >= 4 is 16.8 Å². The summed E-state index contributed by atoms with van der Waals surface area (Å²) in [6.45, 7) is 0.700. The number of likely N-dealkylation sites (N-methyl/N-ethyl adjacent to an activating group) is 1. The number of H-pyrrole nitrogens is 1. The predicted octanol–water partition coefficient (Wildman–Crippen LogP) is 1.11. The normalized spacial score (nSPS) is 28.0. The predicted molar refractivity (Wildman–Crippen MR) is 91.1 cm³/mol. The van der Waals surface area contributed by atoms with Crippen molar-refractivity contribution in [1.29, 1.82) is 0 Å². The maximum atomic E-state index is 13.6. The van der Waals surface area contributed by atoms with Crippen LogP contribution in [-0.2, 0) is 4.74 Å². The maximum absolute atomic E-state index is 13.6. The number of amides is 1. The van der Waals surface area contributed by atoms with Crippen molar-refractivity contribution in [2.75, 3.05) is 20.7 Å². The molecule has 2 heterocycles. The molecule has 4 atom stereocenters. The molecule has 2 N–H and O–H groups in total. The van der Waals surface area contributed by atoms with Crippen LogP contribution in [0.4, 0.5) is 4.39 Å². The molecule has 0 unspecified atom stereocenters. The lowest BCUT2D eigenvalue weighted by Crippen LogP contribution is -2.69. The molecule has 0 spiro atoms. The number of halogens is 1. The molecule has 1 saturated carbocycles. The number of carbonyl (C=O) groups is 1. The van der Waals surface area contributed by atoms with Gasteiger partial charge in [-0.15, -0.1) is 0 Å². The van der Waals surface area contributed by atoms with E-state index in [9.17, 15) is 14.0 Å². The summed E-state index contributed by atoms with van der Waals surface area (Å²) >= 11 is 0. The smallest absolute Gasteiger partial charge is 0.252 e. The monoisotopic (exact) mass is 345 g/mol. The lowest BCUT2D eigenvalue weighted by atomic mass is 9.71. The number of hydrogen-bond acceptors (Lipinski definition) is 4.